The van der Waals surface area contributed by atoms with Gasteiger partial charge in [-0.25, -0.2) is 0 Å². The lowest BCUT2D eigenvalue weighted by molar-refractivity contribution is -0.385. The van der Waals surface area contributed by atoms with Crippen molar-refractivity contribution in [3.63, 3.8) is 0 Å². The fourth-order valence-electron chi connectivity index (χ4n) is 2.17. The molecule has 8 nitrogen and oxygen atoms in total. The number of alkyl halides is 2. The van der Waals surface area contributed by atoms with E-state index in [1.165, 1.54) is 26.4 Å². The first-order valence-electron chi connectivity index (χ1n) is 7.23. The molecule has 2 aromatic rings. The molecule has 1 amide bonds. The lowest BCUT2D eigenvalue weighted by Gasteiger charge is -2.12. The molecule has 0 heterocycles. The predicted octanol–water partition coefficient (Wildman–Crippen LogP) is 4.12. The van der Waals surface area contributed by atoms with Gasteiger partial charge in [-0.2, -0.15) is 8.78 Å². The standard InChI is InChI=1S/C16H13ClF2N2O6/c1-25-13-6-9(11(21(23)24)7-14(13)26-2)15(22)20-8-3-4-12(10(17)5-8)27-16(18)19/h3-7,16H,1-2H3,(H,20,22). The highest BCUT2D eigenvalue weighted by molar-refractivity contribution is 6.32. The van der Waals surface area contributed by atoms with Crippen molar-refractivity contribution in [3.05, 3.63) is 51.0 Å². The molecule has 27 heavy (non-hydrogen) atoms. The summed E-state index contributed by atoms with van der Waals surface area (Å²) < 4.78 is 38.7. The van der Waals surface area contributed by atoms with Crippen LogP contribution < -0.4 is 19.5 Å². The van der Waals surface area contributed by atoms with Crippen molar-refractivity contribution in [1.29, 1.82) is 0 Å². The van der Waals surface area contributed by atoms with Crippen LogP contribution in [0.25, 0.3) is 0 Å². The number of nitro groups is 1. The molecule has 2 rings (SSSR count). The Morgan fingerprint density at radius 1 is 1.15 bits per heavy atom. The number of nitrogens with zero attached hydrogens (tertiary/aromatic N) is 1. The number of carbonyl (C=O) groups is 1. The lowest BCUT2D eigenvalue weighted by atomic mass is 10.1. The maximum absolute atomic E-state index is 12.5. The van der Waals surface area contributed by atoms with Crippen molar-refractivity contribution in [2.75, 3.05) is 19.5 Å². The first-order chi connectivity index (χ1) is 12.8. The van der Waals surface area contributed by atoms with E-state index in [0.717, 1.165) is 18.2 Å². The number of carbonyl (C=O) groups excluding carboxylic acids is 1. The molecule has 0 saturated carbocycles. The summed E-state index contributed by atoms with van der Waals surface area (Å²) in [5, 5.41) is 13.5. The van der Waals surface area contributed by atoms with E-state index in [0.29, 0.717) is 0 Å². The Morgan fingerprint density at radius 3 is 2.30 bits per heavy atom. The minimum Gasteiger partial charge on any atom is -0.493 e. The van der Waals surface area contributed by atoms with Crippen LogP contribution in [0, 0.1) is 10.1 Å². The van der Waals surface area contributed by atoms with Gasteiger partial charge in [-0.15, -0.1) is 0 Å². The minimum absolute atomic E-state index is 0.0808. The molecular formula is C16H13ClF2N2O6. The Labute approximate surface area is 156 Å². The van der Waals surface area contributed by atoms with Gasteiger partial charge in [0.2, 0.25) is 0 Å². The van der Waals surface area contributed by atoms with Gasteiger partial charge in [-0.1, -0.05) is 11.6 Å². The van der Waals surface area contributed by atoms with Crippen molar-refractivity contribution in [2.45, 2.75) is 6.61 Å². The summed E-state index contributed by atoms with van der Waals surface area (Å²) in [7, 11) is 2.61. The van der Waals surface area contributed by atoms with Gasteiger partial charge in [0.1, 0.15) is 11.3 Å². The molecule has 11 heteroatoms. The van der Waals surface area contributed by atoms with Crippen LogP contribution in [0.1, 0.15) is 10.4 Å². The summed E-state index contributed by atoms with van der Waals surface area (Å²) in [6, 6.07) is 5.77. The zero-order valence-electron chi connectivity index (χ0n) is 14.0. The van der Waals surface area contributed by atoms with Gasteiger partial charge in [-0.3, -0.25) is 14.9 Å². The minimum atomic E-state index is -3.06. The molecule has 0 bridgehead atoms. The summed E-state index contributed by atoms with van der Waals surface area (Å²) in [6.45, 7) is -3.06. The van der Waals surface area contributed by atoms with Crippen LogP contribution >= 0.6 is 11.6 Å². The monoisotopic (exact) mass is 402 g/mol. The first-order valence-corrected chi connectivity index (χ1v) is 7.60. The number of amides is 1. The highest BCUT2D eigenvalue weighted by Crippen LogP contribution is 2.35. The van der Waals surface area contributed by atoms with Crippen LogP contribution in [0.3, 0.4) is 0 Å². The molecule has 0 aliphatic carbocycles. The Bertz CT molecular complexity index is 878. The van der Waals surface area contributed by atoms with Crippen molar-refractivity contribution in [1.82, 2.24) is 0 Å². The van der Waals surface area contributed by atoms with Gasteiger partial charge in [-0.05, 0) is 18.2 Å². The van der Waals surface area contributed by atoms with Gasteiger partial charge in [0, 0.05) is 11.8 Å². The summed E-state index contributed by atoms with van der Waals surface area (Å²) in [4.78, 5) is 23.0. The van der Waals surface area contributed by atoms with E-state index in [1.807, 2.05) is 0 Å². The maximum atomic E-state index is 12.5. The molecule has 1 N–H and O–H groups in total. The number of nitro benzene ring substituents is 1. The predicted molar refractivity (Wildman–Crippen MR) is 92.2 cm³/mol. The largest absolute Gasteiger partial charge is 0.493 e. The van der Waals surface area contributed by atoms with Crippen LogP contribution in [-0.4, -0.2) is 31.7 Å². The second-order valence-electron chi connectivity index (χ2n) is 4.96. The summed E-state index contributed by atoms with van der Waals surface area (Å²) in [5.41, 5.74) is -0.675. The second-order valence-corrected chi connectivity index (χ2v) is 5.37. The zero-order chi connectivity index (χ0) is 20.1. The first kappa shape index (κ1) is 20.2. The molecule has 0 saturated heterocycles. The number of rotatable bonds is 7. The molecule has 0 spiro atoms. The smallest absolute Gasteiger partial charge is 0.387 e. The Hall–Kier alpha value is -3.14. The molecule has 0 fully saturated rings. The van der Waals surface area contributed by atoms with Gasteiger partial charge in [0.15, 0.2) is 11.5 Å². The normalized spacial score (nSPS) is 10.4. The van der Waals surface area contributed by atoms with E-state index in [4.69, 9.17) is 21.1 Å². The highest BCUT2D eigenvalue weighted by atomic mass is 35.5. The lowest BCUT2D eigenvalue weighted by Crippen LogP contribution is -2.14. The van der Waals surface area contributed by atoms with Gasteiger partial charge < -0.3 is 19.5 Å². The van der Waals surface area contributed by atoms with E-state index in [-0.39, 0.29) is 33.5 Å². The van der Waals surface area contributed by atoms with Crippen molar-refractivity contribution < 1.29 is 32.7 Å². The number of anilines is 1. The molecular weight excluding hydrogens is 390 g/mol. The molecule has 0 radical (unpaired) electrons. The topological polar surface area (TPSA) is 99.9 Å². The third-order valence-electron chi connectivity index (χ3n) is 3.35. The number of ether oxygens (including phenoxy) is 3. The average Bonchev–Trinajstić information content (AvgIpc) is 2.62. The van der Waals surface area contributed by atoms with Crippen molar-refractivity contribution >= 4 is 28.9 Å². The van der Waals surface area contributed by atoms with E-state index in [1.54, 1.807) is 0 Å². The summed E-state index contributed by atoms with van der Waals surface area (Å²) in [6.07, 6.45) is 0. The molecule has 0 aliphatic heterocycles. The Kier molecular flexibility index (Phi) is 6.35. The second kappa shape index (κ2) is 8.49. The maximum Gasteiger partial charge on any atom is 0.387 e. The third-order valence-corrected chi connectivity index (χ3v) is 3.64. The van der Waals surface area contributed by atoms with Crippen LogP contribution in [0.4, 0.5) is 20.2 Å². The molecule has 144 valence electrons. The molecule has 2 aromatic carbocycles. The van der Waals surface area contributed by atoms with E-state index in [9.17, 15) is 23.7 Å². The Balaban J connectivity index is 2.35. The van der Waals surface area contributed by atoms with Crippen LogP contribution in [-0.2, 0) is 0 Å². The SMILES string of the molecule is COc1cc(C(=O)Nc2ccc(OC(F)F)c(Cl)c2)c([N+](=O)[O-])cc1OC. The highest BCUT2D eigenvalue weighted by Gasteiger charge is 2.25. The molecule has 0 unspecified atom stereocenters. The number of hydrogen-bond donors (Lipinski definition) is 1. The summed E-state index contributed by atoms with van der Waals surface area (Å²) in [5.74, 6) is -0.910. The number of benzene rings is 2. The number of methoxy groups -OCH3 is 2. The van der Waals surface area contributed by atoms with Crippen LogP contribution in [0.15, 0.2) is 30.3 Å². The molecule has 0 aromatic heterocycles. The fraction of sp³-hybridized carbons (Fsp3) is 0.188. The van der Waals surface area contributed by atoms with Crippen LogP contribution in [0.5, 0.6) is 17.2 Å². The van der Waals surface area contributed by atoms with Gasteiger partial charge in [0.25, 0.3) is 11.6 Å². The third kappa shape index (κ3) is 4.73. The summed E-state index contributed by atoms with van der Waals surface area (Å²) >= 11 is 5.82. The van der Waals surface area contributed by atoms with E-state index < -0.39 is 23.1 Å². The van der Waals surface area contributed by atoms with Gasteiger partial charge in [0.05, 0.1) is 30.2 Å². The zero-order valence-corrected chi connectivity index (χ0v) is 14.8. The van der Waals surface area contributed by atoms with Crippen LogP contribution in [0.2, 0.25) is 5.02 Å². The average molecular weight is 403 g/mol. The number of hydrogen-bond acceptors (Lipinski definition) is 6. The number of halogens is 3. The molecule has 0 aliphatic rings. The number of nitrogens with one attached hydrogen (secondary N) is 1. The fourth-order valence-corrected chi connectivity index (χ4v) is 2.39. The van der Waals surface area contributed by atoms with E-state index >= 15 is 0 Å². The van der Waals surface area contributed by atoms with E-state index in [2.05, 4.69) is 10.1 Å². The van der Waals surface area contributed by atoms with Crippen molar-refractivity contribution in [2.24, 2.45) is 0 Å². The van der Waals surface area contributed by atoms with Crippen molar-refractivity contribution in [3.8, 4) is 17.2 Å². The Morgan fingerprint density at radius 2 is 1.78 bits per heavy atom. The quantitative estimate of drug-likeness (QED) is 0.552. The molecule has 0 atom stereocenters. The van der Waals surface area contributed by atoms with Gasteiger partial charge >= 0.3 is 6.61 Å².